The van der Waals surface area contributed by atoms with Gasteiger partial charge in [-0.25, -0.2) is 9.59 Å². The number of esters is 2. The van der Waals surface area contributed by atoms with Crippen molar-refractivity contribution < 1.29 is 19.1 Å². The topological polar surface area (TPSA) is 52.6 Å². The SMILES string of the molecule is O=C(Oc1ccccc1)C1=C(C(=O)Oc2ccccc2)CCC1. The van der Waals surface area contributed by atoms with Crippen LogP contribution < -0.4 is 9.47 Å². The molecular formula is C19H16O4. The summed E-state index contributed by atoms with van der Waals surface area (Å²) in [6, 6.07) is 17.7. The Kier molecular flexibility index (Phi) is 4.52. The van der Waals surface area contributed by atoms with Gasteiger partial charge in [0.1, 0.15) is 11.5 Å². The minimum Gasteiger partial charge on any atom is -0.423 e. The van der Waals surface area contributed by atoms with E-state index in [0.717, 1.165) is 6.42 Å². The van der Waals surface area contributed by atoms with Crippen molar-refractivity contribution in [2.24, 2.45) is 0 Å². The zero-order valence-electron chi connectivity index (χ0n) is 12.5. The third kappa shape index (κ3) is 3.66. The van der Waals surface area contributed by atoms with Gasteiger partial charge >= 0.3 is 11.9 Å². The van der Waals surface area contributed by atoms with Crippen molar-refractivity contribution in [3.8, 4) is 11.5 Å². The molecule has 0 atom stereocenters. The van der Waals surface area contributed by atoms with Crippen molar-refractivity contribution in [1.82, 2.24) is 0 Å². The molecule has 4 nitrogen and oxygen atoms in total. The lowest BCUT2D eigenvalue weighted by Gasteiger charge is -2.08. The van der Waals surface area contributed by atoms with Gasteiger partial charge in [-0.2, -0.15) is 0 Å². The molecule has 0 saturated carbocycles. The predicted octanol–water partition coefficient (Wildman–Crippen LogP) is 3.68. The van der Waals surface area contributed by atoms with Crippen LogP contribution in [0, 0.1) is 0 Å². The maximum absolute atomic E-state index is 12.3. The lowest BCUT2D eigenvalue weighted by molar-refractivity contribution is -0.133. The van der Waals surface area contributed by atoms with Gasteiger partial charge in [-0.1, -0.05) is 36.4 Å². The maximum atomic E-state index is 12.3. The summed E-state index contributed by atoms with van der Waals surface area (Å²) in [5, 5.41) is 0. The molecule has 4 heteroatoms. The molecule has 0 amide bonds. The summed E-state index contributed by atoms with van der Waals surface area (Å²) in [5.74, 6) is -0.0252. The average molecular weight is 308 g/mol. The van der Waals surface area contributed by atoms with Crippen LogP contribution in [0.3, 0.4) is 0 Å². The fourth-order valence-electron chi connectivity index (χ4n) is 2.51. The molecule has 1 aliphatic carbocycles. The van der Waals surface area contributed by atoms with Crippen molar-refractivity contribution in [3.05, 3.63) is 71.8 Å². The van der Waals surface area contributed by atoms with Gasteiger partial charge in [-0.3, -0.25) is 0 Å². The highest BCUT2D eigenvalue weighted by molar-refractivity contribution is 6.02. The number of benzene rings is 2. The van der Waals surface area contributed by atoms with Gasteiger partial charge in [0.05, 0.1) is 0 Å². The third-order valence-corrected chi connectivity index (χ3v) is 3.62. The zero-order chi connectivity index (χ0) is 16.1. The molecule has 0 spiro atoms. The molecule has 0 aromatic heterocycles. The van der Waals surface area contributed by atoms with E-state index in [0.29, 0.717) is 35.5 Å². The Bertz CT molecular complexity index is 669. The number of carbonyl (C=O) groups is 2. The van der Waals surface area contributed by atoms with E-state index in [1.54, 1.807) is 48.5 Å². The van der Waals surface area contributed by atoms with Crippen molar-refractivity contribution in [2.75, 3.05) is 0 Å². The number of ether oxygens (including phenoxy) is 2. The summed E-state index contributed by atoms with van der Waals surface area (Å²) in [4.78, 5) is 24.6. The van der Waals surface area contributed by atoms with E-state index in [9.17, 15) is 9.59 Å². The smallest absolute Gasteiger partial charge is 0.339 e. The van der Waals surface area contributed by atoms with E-state index < -0.39 is 11.9 Å². The van der Waals surface area contributed by atoms with Crippen LogP contribution in [0.25, 0.3) is 0 Å². The molecule has 0 fully saturated rings. The summed E-state index contributed by atoms with van der Waals surface area (Å²) in [7, 11) is 0. The molecule has 0 saturated heterocycles. The van der Waals surface area contributed by atoms with E-state index in [1.165, 1.54) is 0 Å². The first-order chi connectivity index (χ1) is 11.2. The molecule has 0 heterocycles. The minimum absolute atomic E-state index is 0.412. The molecule has 23 heavy (non-hydrogen) atoms. The van der Waals surface area contributed by atoms with Gasteiger partial charge in [0, 0.05) is 11.1 Å². The van der Waals surface area contributed by atoms with Crippen molar-refractivity contribution in [1.29, 1.82) is 0 Å². The fraction of sp³-hybridized carbons (Fsp3) is 0.158. The summed E-state index contributed by atoms with van der Waals surface area (Å²) in [5.41, 5.74) is 0.824. The second-order valence-electron chi connectivity index (χ2n) is 5.22. The number of rotatable bonds is 4. The Labute approximate surface area is 134 Å². The normalized spacial score (nSPS) is 13.7. The number of carbonyl (C=O) groups excluding carboxylic acids is 2. The quantitative estimate of drug-likeness (QED) is 0.638. The van der Waals surface area contributed by atoms with Crippen molar-refractivity contribution in [3.63, 3.8) is 0 Å². The molecule has 0 bridgehead atoms. The monoisotopic (exact) mass is 308 g/mol. The van der Waals surface area contributed by atoms with Gasteiger partial charge in [-0.15, -0.1) is 0 Å². The average Bonchev–Trinajstić information content (AvgIpc) is 3.06. The lowest BCUT2D eigenvalue weighted by atomic mass is 10.1. The number of hydrogen-bond donors (Lipinski definition) is 0. The fourth-order valence-corrected chi connectivity index (χ4v) is 2.51. The Morgan fingerprint density at radius 1 is 0.652 bits per heavy atom. The summed E-state index contributed by atoms with van der Waals surface area (Å²) in [6.07, 6.45) is 1.81. The Morgan fingerprint density at radius 3 is 1.43 bits per heavy atom. The highest BCUT2D eigenvalue weighted by Crippen LogP contribution is 2.29. The Balaban J connectivity index is 1.75. The van der Waals surface area contributed by atoms with E-state index in [4.69, 9.17) is 9.47 Å². The van der Waals surface area contributed by atoms with Gasteiger partial charge in [0.25, 0.3) is 0 Å². The lowest BCUT2D eigenvalue weighted by Crippen LogP contribution is -2.17. The molecule has 0 N–H and O–H groups in total. The number of para-hydroxylation sites is 2. The Morgan fingerprint density at radius 2 is 1.04 bits per heavy atom. The summed E-state index contributed by atoms with van der Waals surface area (Å²) < 4.78 is 10.6. The molecule has 2 aromatic carbocycles. The highest BCUT2D eigenvalue weighted by Gasteiger charge is 2.28. The van der Waals surface area contributed by atoms with Gasteiger partial charge < -0.3 is 9.47 Å². The van der Waals surface area contributed by atoms with E-state index in [-0.39, 0.29) is 0 Å². The van der Waals surface area contributed by atoms with E-state index >= 15 is 0 Å². The van der Waals surface area contributed by atoms with E-state index in [2.05, 4.69) is 0 Å². The van der Waals surface area contributed by atoms with Gasteiger partial charge in [-0.05, 0) is 43.5 Å². The van der Waals surface area contributed by atoms with Crippen molar-refractivity contribution >= 4 is 11.9 Å². The summed E-state index contributed by atoms with van der Waals surface area (Å²) in [6.45, 7) is 0. The van der Waals surface area contributed by atoms with Crippen molar-refractivity contribution in [2.45, 2.75) is 19.3 Å². The molecule has 1 aliphatic rings. The maximum Gasteiger partial charge on any atom is 0.339 e. The van der Waals surface area contributed by atoms with Crippen LogP contribution in [0.4, 0.5) is 0 Å². The van der Waals surface area contributed by atoms with Crippen LogP contribution in [0.5, 0.6) is 11.5 Å². The van der Waals surface area contributed by atoms with Crippen LogP contribution in [-0.4, -0.2) is 11.9 Å². The molecule has 116 valence electrons. The summed E-state index contributed by atoms with van der Waals surface area (Å²) >= 11 is 0. The van der Waals surface area contributed by atoms with Crippen LogP contribution in [0.2, 0.25) is 0 Å². The molecule has 0 unspecified atom stereocenters. The first-order valence-corrected chi connectivity index (χ1v) is 7.50. The largest absolute Gasteiger partial charge is 0.423 e. The second kappa shape index (κ2) is 6.92. The van der Waals surface area contributed by atoms with Crippen LogP contribution >= 0.6 is 0 Å². The molecule has 0 aliphatic heterocycles. The second-order valence-corrected chi connectivity index (χ2v) is 5.22. The Hall–Kier alpha value is -2.88. The molecular weight excluding hydrogens is 292 g/mol. The third-order valence-electron chi connectivity index (χ3n) is 3.62. The van der Waals surface area contributed by atoms with E-state index in [1.807, 2.05) is 12.1 Å². The van der Waals surface area contributed by atoms with Gasteiger partial charge in [0.15, 0.2) is 0 Å². The molecule has 3 rings (SSSR count). The standard InChI is InChI=1S/C19H16O4/c20-18(22-14-8-3-1-4-9-14)16-12-7-13-17(16)19(21)23-15-10-5-2-6-11-15/h1-6,8-11H,7,12-13H2. The van der Waals surface area contributed by atoms with Crippen LogP contribution in [0.1, 0.15) is 19.3 Å². The molecule has 0 radical (unpaired) electrons. The first kappa shape index (κ1) is 15.0. The predicted molar refractivity (Wildman–Crippen MR) is 85.0 cm³/mol. The molecule has 2 aromatic rings. The zero-order valence-corrected chi connectivity index (χ0v) is 12.5. The minimum atomic E-state index is -0.478. The van der Waals surface area contributed by atoms with Crippen LogP contribution in [-0.2, 0) is 9.59 Å². The number of hydrogen-bond acceptors (Lipinski definition) is 4. The first-order valence-electron chi connectivity index (χ1n) is 7.50. The van der Waals surface area contributed by atoms with Gasteiger partial charge in [0.2, 0.25) is 0 Å². The van der Waals surface area contributed by atoms with Crippen LogP contribution in [0.15, 0.2) is 71.8 Å². The highest BCUT2D eigenvalue weighted by atomic mass is 16.5.